The van der Waals surface area contributed by atoms with Crippen molar-refractivity contribution in [2.45, 2.75) is 72.2 Å². The zero-order valence-corrected chi connectivity index (χ0v) is 87.1. The molecule has 19 aromatic rings. The van der Waals surface area contributed by atoms with Crippen LogP contribution in [0.5, 0.6) is 17.6 Å². The molecule has 6 aromatic carbocycles. The van der Waals surface area contributed by atoms with Gasteiger partial charge >= 0.3 is 24.2 Å². The van der Waals surface area contributed by atoms with Gasteiger partial charge in [-0.2, -0.15) is 24.9 Å². The number of imidazole rings is 2. The summed E-state index contributed by atoms with van der Waals surface area (Å²) in [5.74, 6) is 1.58. The molecule has 0 atom stereocenters. The van der Waals surface area contributed by atoms with Crippen molar-refractivity contribution in [3.63, 3.8) is 0 Å². The quantitative estimate of drug-likeness (QED) is 0.00819. The number of ether oxygens (including phenoxy) is 7. The van der Waals surface area contributed by atoms with Gasteiger partial charge in [-0.25, -0.2) is 49.0 Å². The highest BCUT2D eigenvalue weighted by Crippen LogP contribution is 2.49. The lowest BCUT2D eigenvalue weighted by Crippen LogP contribution is -2.28. The Morgan fingerprint density at radius 1 is 0.520 bits per heavy atom. The number of hydrogen-bond donors (Lipinski definition) is 8. The van der Waals surface area contributed by atoms with Crippen LogP contribution in [-0.4, -0.2) is 175 Å². The summed E-state index contributed by atoms with van der Waals surface area (Å²) >= 11 is 11.5. The number of likely N-dealkylation sites (N-methyl/N-ethyl adjacent to an activating group) is 4. The van der Waals surface area contributed by atoms with Crippen LogP contribution in [0.1, 0.15) is 85.9 Å². The van der Waals surface area contributed by atoms with E-state index in [-0.39, 0.29) is 62.5 Å². The minimum atomic E-state index is -0.673. The van der Waals surface area contributed by atoms with E-state index in [1.165, 1.54) is 31.5 Å². The molecule has 150 heavy (non-hydrogen) atoms. The largest absolute Gasteiger partial charge is 0.471 e. The summed E-state index contributed by atoms with van der Waals surface area (Å²) in [6, 6.07) is 56.9. The van der Waals surface area contributed by atoms with E-state index in [0.29, 0.717) is 127 Å². The van der Waals surface area contributed by atoms with Crippen LogP contribution in [0.25, 0.3) is 115 Å². The van der Waals surface area contributed by atoms with E-state index in [0.717, 1.165) is 109 Å². The number of amidine groups is 1. The molecule has 11 N–H and O–H groups in total. The van der Waals surface area contributed by atoms with Gasteiger partial charge in [0.05, 0.1) is 79.9 Å². The van der Waals surface area contributed by atoms with Crippen LogP contribution in [0, 0.1) is 13.1 Å². The van der Waals surface area contributed by atoms with Crippen molar-refractivity contribution in [1.82, 2.24) is 75.7 Å². The second kappa shape index (κ2) is 45.3. The third-order valence-corrected chi connectivity index (χ3v) is 31.9. The van der Waals surface area contributed by atoms with Gasteiger partial charge in [0, 0.05) is 110 Å². The Hall–Kier alpha value is -17.3. The Labute approximate surface area is 884 Å². The second-order valence-electron chi connectivity index (χ2n) is 35.0. The van der Waals surface area contributed by atoms with Crippen molar-refractivity contribution < 1.29 is 61.5 Å². The number of aliphatic imine (C=N–C) groups is 2. The van der Waals surface area contributed by atoms with E-state index in [4.69, 9.17) is 67.9 Å². The monoisotopic (exact) mass is 2140 g/mol. The molecular weight excluding hydrogens is 2040 g/mol. The number of amides is 4. The number of aromatic nitrogens is 11. The SMILES string of the molecule is CN1C(=O)/C(=C\c2cc3ccc(N(C)CCOC(=O)NCc4ccc(COc5nc(N)nc6c5N=CC6)cc4)cc3s2)N=C1c1ccccc1.[C-]#[N+]/C(=C\c1cc2sc3cc(N(C)CCOC(=O)NCc4ccc(COc5nc(N)nc6nc[nH]c56)cc4)sc3c2s1)C(=O)OC(C)(C)C.[C-]#[N+]/C(=C\c1cc2sc3cc(N(C)CCOC(=O)NCc4ccc(COc5nc(N)nc6nc[nH]c56)cc4)sc3c2s1)c1nc2ccccc2o1. The number of nitrogens with zero attached hydrogens (tertiary/aromatic N) is 17. The third-order valence-electron chi connectivity index (χ3n) is 23.1. The number of carbonyl (C=O) groups is 5. The average molecular weight is 2140 g/mol. The maximum Gasteiger partial charge on any atom is 0.407 e. The molecular formula is C105H93N25O13S7. The Morgan fingerprint density at radius 3 is 1.53 bits per heavy atom. The first-order valence-electron chi connectivity index (χ1n) is 46.6. The van der Waals surface area contributed by atoms with Crippen molar-refractivity contribution in [3.8, 4) is 17.6 Å². The van der Waals surface area contributed by atoms with E-state index in [1.54, 1.807) is 124 Å². The first kappa shape index (κ1) is 101. The number of benzene rings is 6. The van der Waals surface area contributed by atoms with Gasteiger partial charge in [-0.1, -0.05) is 121 Å². The summed E-state index contributed by atoms with van der Waals surface area (Å²) in [4.78, 5) is 132. The molecule has 0 bridgehead atoms. The van der Waals surface area contributed by atoms with Crippen molar-refractivity contribution in [2.75, 3.05) is 99.5 Å². The molecule has 0 saturated carbocycles. The molecule has 0 spiro atoms. The van der Waals surface area contributed by atoms with Crippen LogP contribution in [0.2, 0.25) is 0 Å². The zero-order valence-electron chi connectivity index (χ0n) is 81.4. The number of alkyl carbamates (subject to hydrolysis) is 3. The molecule has 0 unspecified atom stereocenters. The van der Waals surface area contributed by atoms with Crippen molar-refractivity contribution >= 4 is 266 Å². The number of nitrogens with two attached hydrogens (primary N) is 3. The van der Waals surface area contributed by atoms with Gasteiger partial charge in [0.1, 0.15) is 79.0 Å². The van der Waals surface area contributed by atoms with Crippen LogP contribution >= 0.6 is 79.4 Å². The number of nitrogen functional groups attached to an aromatic ring is 3. The maximum absolute atomic E-state index is 12.9. The highest BCUT2D eigenvalue weighted by molar-refractivity contribution is 7.40. The summed E-state index contributed by atoms with van der Waals surface area (Å²) < 4.78 is 55.4. The fourth-order valence-electron chi connectivity index (χ4n) is 15.5. The Bertz CT molecular complexity index is 8520. The van der Waals surface area contributed by atoms with E-state index < -0.39 is 29.9 Å². The van der Waals surface area contributed by atoms with Crippen molar-refractivity contribution in [3.05, 3.63) is 288 Å². The van der Waals surface area contributed by atoms with Crippen LogP contribution in [0.15, 0.2) is 214 Å². The Morgan fingerprint density at radius 2 is 1.01 bits per heavy atom. The average Bonchev–Trinajstić information content (AvgIpc) is 1.60. The molecule has 758 valence electrons. The number of thiophene rings is 7. The maximum atomic E-state index is 12.9. The highest BCUT2D eigenvalue weighted by Gasteiger charge is 2.30. The molecule has 0 fully saturated rings. The lowest BCUT2D eigenvalue weighted by atomic mass is 10.1. The van der Waals surface area contributed by atoms with Gasteiger partial charge < -0.3 is 95.4 Å². The summed E-state index contributed by atoms with van der Waals surface area (Å²) in [6.45, 7) is 24.5. The summed E-state index contributed by atoms with van der Waals surface area (Å²) in [7, 11) is 7.65. The number of rotatable bonds is 33. The molecule has 4 amide bonds. The number of oxazole rings is 1. The van der Waals surface area contributed by atoms with Gasteiger partial charge in [-0.3, -0.25) is 19.5 Å². The van der Waals surface area contributed by atoms with Crippen molar-refractivity contribution in [2.24, 2.45) is 9.98 Å². The normalized spacial score (nSPS) is 12.7. The molecule has 0 aliphatic carbocycles. The van der Waals surface area contributed by atoms with E-state index in [1.807, 2.05) is 178 Å². The fourth-order valence-corrected chi connectivity index (χ4v) is 24.4. The molecule has 2 aliphatic heterocycles. The number of carbonyl (C=O) groups excluding carboxylic acids is 5. The number of hydrogen-bond acceptors (Lipinski definition) is 37. The predicted molar refractivity (Wildman–Crippen MR) is 592 cm³/mol. The minimum Gasteiger partial charge on any atom is -0.471 e. The minimum absolute atomic E-state index is 0.0436. The van der Waals surface area contributed by atoms with Crippen LogP contribution < -0.4 is 62.1 Å². The number of fused-ring (bicyclic) bond motifs is 11. The molecule has 45 heteroatoms. The van der Waals surface area contributed by atoms with E-state index in [2.05, 4.69) is 137 Å². The second-order valence-corrected chi connectivity index (χ2v) is 42.5. The Balaban J connectivity index is 0.000000141. The van der Waals surface area contributed by atoms with E-state index >= 15 is 0 Å². The first-order chi connectivity index (χ1) is 72.6. The smallest absolute Gasteiger partial charge is 0.407 e. The fraction of sp³-hybridized carbons (Fsp3) is 0.200. The van der Waals surface area contributed by atoms with Crippen LogP contribution in [-0.2, 0) is 74.4 Å². The molecule has 38 nitrogen and oxygen atoms in total. The lowest BCUT2D eigenvalue weighted by molar-refractivity contribution is -0.149. The number of para-hydroxylation sites is 2. The van der Waals surface area contributed by atoms with Gasteiger partial charge in [-0.05, 0) is 132 Å². The number of H-pyrrole nitrogens is 2. The zero-order chi connectivity index (χ0) is 104. The number of esters is 1. The third kappa shape index (κ3) is 24.5. The van der Waals surface area contributed by atoms with Gasteiger partial charge in [0.25, 0.3) is 11.6 Å². The van der Waals surface area contributed by atoms with Crippen LogP contribution in [0.3, 0.4) is 0 Å². The standard InChI is InChI=1S/C37H34N8O4S.C35H27N9O4S3.C33H32N8O5S3/c1-44(27-13-12-26-18-28(50-31(26)19-27)20-30-35(46)45(2)33(41-30)25-6-4-3-5-7-25)16-17-48-37(47)40-21-23-8-10-24(11-9-23)22-49-34-32-29(14-15-39-32)42-36(38)43-34;1-37-23(32-41-22-5-3-4-6-24(22)48-32)13-21-14-25-29(49-21)30-26(50-25)15-27(51-30)44(2)11-12-46-35(45)38-16-19-7-9-20(10-8-19)17-47-33-28-31(40-18-39-28)42-34(36)43-33;1-33(2,3)46-30(42)21(35-4)12-20-13-22-26(47-20)27-23(48-22)14-24(49-27)41(5)10-11-44-32(43)36-15-18-6-8-19(9-7-18)16-45-29-25-28(38-17-37-25)39-31(34)40-29/h3-13,15,18-20H,14,16-17,21-22H2,1-2H3,(H,40,47)(H2,38,42,43);3-10,13-15,18H,11-12,16-17H2,2H3,(H,38,45)(H3,36,39,40,42,43);6-9,12-14,17H,10-11,15-16H2,1-3,5H3,(H,36,43)(H3,34,37,38,39,40)/b30-20+;23-13-;21-12-. The Kier molecular flexibility index (Phi) is 30.6. The molecule has 15 heterocycles. The first-order valence-corrected chi connectivity index (χ1v) is 52.3. The van der Waals surface area contributed by atoms with Crippen LogP contribution in [0.4, 0.5) is 53.6 Å². The topological polar surface area (TPSA) is 471 Å². The lowest BCUT2D eigenvalue weighted by Gasteiger charge is -2.19. The summed E-state index contributed by atoms with van der Waals surface area (Å²) in [5, 5.41) is 11.6. The van der Waals surface area contributed by atoms with Gasteiger partial charge in [-0.15, -0.1) is 79.4 Å². The van der Waals surface area contributed by atoms with Gasteiger partial charge in [0.15, 0.2) is 16.9 Å². The predicted octanol–water partition coefficient (Wildman–Crippen LogP) is 20.6. The molecule has 0 radical (unpaired) electrons. The van der Waals surface area contributed by atoms with Crippen molar-refractivity contribution in [1.29, 1.82) is 0 Å². The van der Waals surface area contributed by atoms with Gasteiger partial charge in [0.2, 0.25) is 47.1 Å². The number of aromatic amines is 2. The number of anilines is 6. The van der Waals surface area contributed by atoms with E-state index in [9.17, 15) is 24.0 Å². The molecule has 0 saturated heterocycles. The summed E-state index contributed by atoms with van der Waals surface area (Å²) in [6.07, 6.45) is 9.20. The number of nitrogens with one attached hydrogen (secondary N) is 5. The summed E-state index contributed by atoms with van der Waals surface area (Å²) in [5.41, 5.74) is 29.6. The molecule has 21 rings (SSSR count). The molecule has 2 aliphatic rings. The molecule has 13 aromatic heterocycles. The highest BCUT2D eigenvalue weighted by atomic mass is 32.1.